The van der Waals surface area contributed by atoms with Gasteiger partial charge in [-0.05, 0) is 94.7 Å². The Morgan fingerprint density at radius 2 is 0.704 bits per heavy atom. The fourth-order valence-electron chi connectivity index (χ4n) is 17.0. The van der Waals surface area contributed by atoms with Crippen molar-refractivity contribution in [2.75, 3.05) is 9.80 Å². The Bertz CT molecular complexity index is 6500. The second-order valence-electron chi connectivity index (χ2n) is 28.3. The Morgan fingerprint density at radius 1 is 0.315 bits per heavy atom. The smallest absolute Gasteiger partial charge is 0.503 e. The second-order valence-corrected chi connectivity index (χ2v) is 28.3. The van der Waals surface area contributed by atoms with Crippen molar-refractivity contribution in [1.29, 1.82) is 0 Å². The summed E-state index contributed by atoms with van der Waals surface area (Å²) < 4.78 is 22.2. The average molecular weight is 1670 g/mol. The zero-order valence-electron chi connectivity index (χ0n) is 58.8. The molecular weight excluding hydrogens is 1600 g/mol. The van der Waals surface area contributed by atoms with Crippen LogP contribution < -0.4 is 19.3 Å². The minimum atomic E-state index is -0.196. The number of para-hydroxylation sites is 6. The quantitative estimate of drug-likeness (QED) is 0.0844. The molecular formula is C94H62N10O2PdPt. The number of aromatic nitrogens is 8. The number of hydrogen-bond donors (Lipinski definition) is 0. The third-order valence-electron chi connectivity index (χ3n) is 21.7. The van der Waals surface area contributed by atoms with Crippen LogP contribution in [0, 0.1) is 24.3 Å². The number of pyridine rings is 4. The first-order valence-electron chi connectivity index (χ1n) is 35.7. The van der Waals surface area contributed by atoms with E-state index in [1.165, 1.54) is 54.8 Å². The van der Waals surface area contributed by atoms with Crippen molar-refractivity contribution in [2.45, 2.75) is 38.5 Å². The summed E-state index contributed by atoms with van der Waals surface area (Å²) in [5, 5.41) is 11.0. The van der Waals surface area contributed by atoms with Gasteiger partial charge in [0.25, 0.3) is 0 Å². The van der Waals surface area contributed by atoms with Gasteiger partial charge in [0.1, 0.15) is 11.6 Å². The minimum Gasteiger partial charge on any atom is -0.503 e. The maximum absolute atomic E-state index is 6.55. The van der Waals surface area contributed by atoms with Crippen molar-refractivity contribution < 1.29 is 51.0 Å². The van der Waals surface area contributed by atoms with Crippen molar-refractivity contribution >= 4 is 133 Å². The van der Waals surface area contributed by atoms with Gasteiger partial charge >= 0.3 is 41.5 Å². The molecule has 10 heterocycles. The Balaban J connectivity index is 0.000000144. The molecule has 520 valence electrons. The van der Waals surface area contributed by atoms with Gasteiger partial charge in [-0.25, -0.2) is 9.97 Å². The van der Waals surface area contributed by atoms with Crippen molar-refractivity contribution in [3.05, 3.63) is 351 Å². The van der Waals surface area contributed by atoms with Gasteiger partial charge in [-0.2, -0.15) is 12.1 Å². The number of anilines is 6. The molecule has 0 bridgehead atoms. The molecule has 0 spiro atoms. The molecule has 0 aliphatic carbocycles. The molecule has 0 saturated heterocycles. The summed E-state index contributed by atoms with van der Waals surface area (Å²) in [6, 6.07) is 107. The van der Waals surface area contributed by atoms with E-state index >= 15 is 0 Å². The van der Waals surface area contributed by atoms with E-state index in [0.717, 1.165) is 111 Å². The van der Waals surface area contributed by atoms with Crippen LogP contribution in [0.2, 0.25) is 0 Å². The van der Waals surface area contributed by atoms with E-state index in [1.807, 2.05) is 85.7 Å². The third kappa shape index (κ3) is 10.1. The number of imidazole rings is 2. The Labute approximate surface area is 649 Å². The molecule has 20 aromatic rings. The largest absolute Gasteiger partial charge is 2.00 e. The molecule has 108 heavy (non-hydrogen) atoms. The van der Waals surface area contributed by atoms with Crippen molar-refractivity contribution in [1.82, 2.24) is 37.9 Å². The fraction of sp³-hybridized carbons (Fsp3) is 0.0638. The molecule has 0 saturated carbocycles. The summed E-state index contributed by atoms with van der Waals surface area (Å²) in [4.78, 5) is 23.9. The van der Waals surface area contributed by atoms with Gasteiger partial charge in [0.05, 0.1) is 33.4 Å². The summed E-state index contributed by atoms with van der Waals surface area (Å²) in [5.74, 6) is 4.17. The third-order valence-corrected chi connectivity index (χ3v) is 21.7. The normalized spacial score (nSPS) is 13.3. The summed E-state index contributed by atoms with van der Waals surface area (Å²) in [6.07, 6.45) is 11.5. The monoisotopic (exact) mass is 1660 g/mol. The zero-order valence-corrected chi connectivity index (χ0v) is 62.6. The molecule has 0 unspecified atom stereocenters. The van der Waals surface area contributed by atoms with Crippen LogP contribution in [0.15, 0.2) is 304 Å². The molecule has 22 rings (SSSR count). The van der Waals surface area contributed by atoms with Gasteiger partial charge in [-0.15, -0.1) is 60.7 Å². The molecule has 14 heteroatoms. The maximum atomic E-state index is 6.55. The van der Waals surface area contributed by atoms with E-state index in [4.69, 9.17) is 29.4 Å². The van der Waals surface area contributed by atoms with E-state index in [9.17, 15) is 0 Å². The number of fused-ring (bicyclic) bond motifs is 24. The van der Waals surface area contributed by atoms with Gasteiger partial charge in [0, 0.05) is 137 Å². The van der Waals surface area contributed by atoms with E-state index in [-0.39, 0.29) is 52.3 Å². The number of ether oxygens (including phenoxy) is 2. The van der Waals surface area contributed by atoms with Crippen LogP contribution in [0.4, 0.5) is 34.4 Å². The number of hydrogen-bond acceptors (Lipinski definition) is 8. The van der Waals surface area contributed by atoms with Crippen LogP contribution in [-0.4, -0.2) is 37.9 Å². The van der Waals surface area contributed by atoms with E-state index < -0.39 is 0 Å². The summed E-state index contributed by atoms with van der Waals surface area (Å²) >= 11 is 0. The molecule has 0 amide bonds. The molecule has 2 aliphatic rings. The van der Waals surface area contributed by atoms with E-state index in [1.54, 1.807) is 0 Å². The minimum absolute atomic E-state index is 0. The summed E-state index contributed by atoms with van der Waals surface area (Å²) in [6.45, 7) is 9.03. The topological polar surface area (TPSA) is 95.2 Å². The second kappa shape index (κ2) is 25.6. The molecule has 0 radical (unpaired) electrons. The molecule has 12 aromatic carbocycles. The molecule has 12 nitrogen and oxygen atoms in total. The van der Waals surface area contributed by atoms with Gasteiger partial charge in [0.15, 0.2) is 0 Å². The SMILES string of the molecule is CC1(C)c2ccccc2N(c2[c-]c(Oc3[c-]c4c(cc3)c3ccc5c(c6ccccc6n5-c5ccccc5)c3n3ccnc43)ccc2)c2ncccc21.CC1(C)c2ccccc2N(c2[c-]c(Oc3[c-]c4c(cc3)c3ccc5c(c6ccccc6n5-c5ccccc5)c3n3ccnc43)ccc2)c2ncccc21.[Pd+2].[Pt+2]. The summed E-state index contributed by atoms with van der Waals surface area (Å²) in [5.41, 5.74) is 19.1. The average Bonchev–Trinajstić information content (AvgIpc) is 1.66. The first-order chi connectivity index (χ1) is 52.1. The zero-order chi connectivity index (χ0) is 70.5. The summed E-state index contributed by atoms with van der Waals surface area (Å²) in [7, 11) is 0. The number of nitrogens with zero attached hydrogens (tertiary/aromatic N) is 10. The Kier molecular flexibility index (Phi) is 15.7. The van der Waals surface area contributed by atoms with Crippen molar-refractivity contribution in [2.24, 2.45) is 0 Å². The van der Waals surface area contributed by atoms with Gasteiger partial charge in [0.2, 0.25) is 0 Å². The van der Waals surface area contributed by atoms with Crippen LogP contribution >= 0.6 is 0 Å². The van der Waals surface area contributed by atoms with Crippen LogP contribution in [0.5, 0.6) is 23.0 Å². The van der Waals surface area contributed by atoms with Gasteiger partial charge in [-0.1, -0.05) is 206 Å². The van der Waals surface area contributed by atoms with E-state index in [0.29, 0.717) is 23.0 Å². The standard InChI is InChI=1S/2C47H31N5O.Pd.Pt/c2*1-47(2)38-17-7-9-20-41(38)52(46-39(47)18-11-25-48-46)31-14-10-15-32(28-31)53-33-21-22-34-35-23-24-42-43(44(35)50-27-26-49-45(50)37(34)29-33)36-16-6-8-19-40(36)51(42)30-12-4-3-5-13-30;;/h2*3-27H,1-2H3;;/q2*-2;2*+2. The van der Waals surface area contributed by atoms with Gasteiger partial charge < -0.3 is 37.2 Å². The van der Waals surface area contributed by atoms with Crippen LogP contribution in [0.25, 0.3) is 110 Å². The van der Waals surface area contributed by atoms with Crippen LogP contribution in [0.3, 0.4) is 0 Å². The van der Waals surface area contributed by atoms with E-state index in [2.05, 4.69) is 298 Å². The van der Waals surface area contributed by atoms with Crippen LogP contribution in [0.1, 0.15) is 49.9 Å². The molecule has 0 atom stereocenters. The maximum Gasteiger partial charge on any atom is 2.00 e. The Morgan fingerprint density at radius 3 is 1.16 bits per heavy atom. The van der Waals surface area contributed by atoms with Crippen molar-refractivity contribution in [3.8, 4) is 34.4 Å². The number of benzene rings is 12. The van der Waals surface area contributed by atoms with Gasteiger partial charge in [-0.3, -0.25) is 9.97 Å². The fourth-order valence-corrected chi connectivity index (χ4v) is 17.0. The predicted molar refractivity (Wildman–Crippen MR) is 427 cm³/mol. The predicted octanol–water partition coefficient (Wildman–Crippen LogP) is 23.3. The number of rotatable bonds is 8. The Hall–Kier alpha value is -12.5. The molecule has 2 aliphatic heterocycles. The van der Waals surface area contributed by atoms with Crippen LogP contribution in [-0.2, 0) is 52.3 Å². The first kappa shape index (κ1) is 66.2. The van der Waals surface area contributed by atoms with Crippen molar-refractivity contribution in [3.63, 3.8) is 0 Å². The molecule has 0 N–H and O–H groups in total. The molecule has 8 aromatic heterocycles. The first-order valence-corrected chi connectivity index (χ1v) is 35.7. The molecule has 0 fully saturated rings.